The van der Waals surface area contributed by atoms with Gasteiger partial charge in [0.05, 0.1) is 6.10 Å². The van der Waals surface area contributed by atoms with Crippen LogP contribution in [0.2, 0.25) is 0 Å². The van der Waals surface area contributed by atoms with Crippen LogP contribution >= 0.6 is 0 Å². The average Bonchev–Trinajstić information content (AvgIpc) is 2.85. The Bertz CT molecular complexity index is 329. The fourth-order valence-corrected chi connectivity index (χ4v) is 2.42. The molecule has 0 amide bonds. The number of ether oxygens (including phenoxy) is 1. The number of nitrogens with two attached hydrogens (primary N) is 1. The first-order valence-corrected chi connectivity index (χ1v) is 6.47. The highest BCUT2D eigenvalue weighted by atomic mass is 16.5. The third kappa shape index (κ3) is 3.26. The molecule has 1 unspecified atom stereocenters. The van der Waals surface area contributed by atoms with Gasteiger partial charge in [0.2, 0.25) is 0 Å². The van der Waals surface area contributed by atoms with E-state index in [2.05, 4.69) is 15.2 Å². The summed E-state index contributed by atoms with van der Waals surface area (Å²) in [5, 5.41) is 7.33. The largest absolute Gasteiger partial charge is 0.380 e. The topological polar surface area (TPSA) is 76.8 Å². The molecule has 2 rings (SSSR count). The van der Waals surface area contributed by atoms with Crippen molar-refractivity contribution in [2.24, 2.45) is 5.73 Å². The minimum atomic E-state index is 0.0298. The Morgan fingerprint density at radius 2 is 2.18 bits per heavy atom. The highest BCUT2D eigenvalue weighted by Crippen LogP contribution is 2.30. The number of hydrogen-bond donors (Lipinski definition) is 2. The van der Waals surface area contributed by atoms with E-state index in [-0.39, 0.29) is 6.10 Å². The monoisotopic (exact) mass is 238 g/mol. The number of methoxy groups -OCH3 is 1. The molecule has 0 aliphatic heterocycles. The number of nitrogens with zero attached hydrogens (tertiary/aromatic N) is 2. The molecule has 3 N–H and O–H groups in total. The molecule has 0 radical (unpaired) electrons. The molecule has 1 atom stereocenters. The summed E-state index contributed by atoms with van der Waals surface area (Å²) in [6, 6.07) is 0. The smallest absolute Gasteiger partial charge is 0.153 e. The molecule has 1 aromatic rings. The molecule has 1 saturated carbocycles. The molecule has 96 valence electrons. The van der Waals surface area contributed by atoms with E-state index in [1.807, 2.05) is 0 Å². The third-order valence-corrected chi connectivity index (χ3v) is 3.54. The fraction of sp³-hybridized carbons (Fsp3) is 0.833. The molecule has 17 heavy (non-hydrogen) atoms. The molecule has 0 spiro atoms. The van der Waals surface area contributed by atoms with Crippen molar-refractivity contribution in [1.29, 1.82) is 0 Å². The van der Waals surface area contributed by atoms with Gasteiger partial charge in [0.25, 0.3) is 0 Å². The quantitative estimate of drug-likeness (QED) is 0.812. The maximum atomic E-state index is 5.59. The predicted molar refractivity (Wildman–Crippen MR) is 65.8 cm³/mol. The lowest BCUT2D eigenvalue weighted by Crippen LogP contribution is -2.25. The molecule has 1 aliphatic rings. The van der Waals surface area contributed by atoms with Crippen molar-refractivity contribution in [3.63, 3.8) is 0 Å². The number of nitrogens with one attached hydrogen (secondary N) is 1. The molecular formula is C12H22N4O. The van der Waals surface area contributed by atoms with Crippen molar-refractivity contribution in [1.82, 2.24) is 15.2 Å². The van der Waals surface area contributed by atoms with E-state index in [1.165, 1.54) is 32.1 Å². The Hall–Kier alpha value is -0.940. The summed E-state index contributed by atoms with van der Waals surface area (Å²) in [4.78, 5) is 4.57. The molecule has 0 saturated heterocycles. The molecule has 1 aromatic heterocycles. The van der Waals surface area contributed by atoms with Crippen molar-refractivity contribution in [2.45, 2.75) is 50.5 Å². The van der Waals surface area contributed by atoms with Crippen LogP contribution in [-0.4, -0.2) is 34.9 Å². The molecule has 0 bridgehead atoms. The zero-order valence-electron chi connectivity index (χ0n) is 10.5. The minimum absolute atomic E-state index is 0.0298. The highest BCUT2D eigenvalue weighted by molar-refractivity contribution is 5.00. The van der Waals surface area contributed by atoms with Gasteiger partial charge in [0.15, 0.2) is 5.82 Å². The average molecular weight is 238 g/mol. The first-order valence-electron chi connectivity index (χ1n) is 6.47. The normalized spacial score (nSPS) is 19.4. The highest BCUT2D eigenvalue weighted by Gasteiger charge is 2.20. The molecule has 1 heterocycles. The summed E-state index contributed by atoms with van der Waals surface area (Å²) in [5.74, 6) is 2.42. The van der Waals surface area contributed by atoms with E-state index in [0.717, 1.165) is 11.6 Å². The van der Waals surface area contributed by atoms with Gasteiger partial charge in [0.1, 0.15) is 5.82 Å². The van der Waals surface area contributed by atoms with Crippen LogP contribution in [0.1, 0.15) is 49.7 Å². The van der Waals surface area contributed by atoms with Gasteiger partial charge in [-0.3, -0.25) is 5.10 Å². The van der Waals surface area contributed by atoms with Gasteiger partial charge in [-0.1, -0.05) is 19.3 Å². The van der Waals surface area contributed by atoms with Crippen LogP contribution in [-0.2, 0) is 11.2 Å². The second kappa shape index (κ2) is 6.12. The van der Waals surface area contributed by atoms with Gasteiger partial charge in [-0.15, -0.1) is 0 Å². The predicted octanol–water partition coefficient (Wildman–Crippen LogP) is 1.37. The zero-order chi connectivity index (χ0) is 12.1. The summed E-state index contributed by atoms with van der Waals surface area (Å²) in [6.45, 7) is 0.510. The number of aromatic amines is 1. The van der Waals surface area contributed by atoms with E-state index in [9.17, 15) is 0 Å². The maximum Gasteiger partial charge on any atom is 0.153 e. The van der Waals surface area contributed by atoms with E-state index in [4.69, 9.17) is 10.5 Å². The van der Waals surface area contributed by atoms with Crippen molar-refractivity contribution < 1.29 is 4.74 Å². The summed E-state index contributed by atoms with van der Waals surface area (Å²) < 4.78 is 5.25. The van der Waals surface area contributed by atoms with Crippen molar-refractivity contribution in [3.8, 4) is 0 Å². The van der Waals surface area contributed by atoms with E-state index in [0.29, 0.717) is 18.9 Å². The Kier molecular flexibility index (Phi) is 4.50. The van der Waals surface area contributed by atoms with Crippen molar-refractivity contribution in [3.05, 3.63) is 11.6 Å². The van der Waals surface area contributed by atoms with Crippen LogP contribution in [0.4, 0.5) is 0 Å². The van der Waals surface area contributed by atoms with E-state index in [1.54, 1.807) is 7.11 Å². The van der Waals surface area contributed by atoms with Gasteiger partial charge >= 0.3 is 0 Å². The lowest BCUT2D eigenvalue weighted by molar-refractivity contribution is 0.108. The second-order valence-electron chi connectivity index (χ2n) is 4.77. The van der Waals surface area contributed by atoms with E-state index < -0.39 is 0 Å². The van der Waals surface area contributed by atoms with Gasteiger partial charge in [-0.05, 0) is 12.8 Å². The Morgan fingerprint density at radius 1 is 1.41 bits per heavy atom. The molecule has 0 aromatic carbocycles. The fourth-order valence-electron chi connectivity index (χ4n) is 2.42. The summed E-state index contributed by atoms with van der Waals surface area (Å²) >= 11 is 0. The van der Waals surface area contributed by atoms with Gasteiger partial charge in [0, 0.05) is 26.0 Å². The number of hydrogen-bond acceptors (Lipinski definition) is 4. The molecule has 1 aliphatic carbocycles. The summed E-state index contributed by atoms with van der Waals surface area (Å²) in [5.41, 5.74) is 5.59. The Labute approximate surface area is 102 Å². The van der Waals surface area contributed by atoms with Crippen LogP contribution in [0.25, 0.3) is 0 Å². The zero-order valence-corrected chi connectivity index (χ0v) is 10.5. The minimum Gasteiger partial charge on any atom is -0.380 e. The van der Waals surface area contributed by atoms with E-state index >= 15 is 0 Å². The Balaban J connectivity index is 1.94. The third-order valence-electron chi connectivity index (χ3n) is 3.54. The lowest BCUT2D eigenvalue weighted by Gasteiger charge is -2.18. The van der Waals surface area contributed by atoms with Crippen LogP contribution in [0.5, 0.6) is 0 Å². The Morgan fingerprint density at radius 3 is 2.82 bits per heavy atom. The molecule has 5 heteroatoms. The summed E-state index contributed by atoms with van der Waals surface area (Å²) in [6.07, 6.45) is 7.15. The molecule has 1 fully saturated rings. The van der Waals surface area contributed by atoms with Crippen LogP contribution in [0.15, 0.2) is 0 Å². The standard InChI is InChI=1S/C12H22N4O/c1-17-10(8-13)7-11-14-12(16-15-11)9-5-3-2-4-6-9/h9-10H,2-8,13H2,1H3,(H,14,15,16). The number of aromatic nitrogens is 3. The number of rotatable bonds is 5. The molecule has 5 nitrogen and oxygen atoms in total. The van der Waals surface area contributed by atoms with Crippen molar-refractivity contribution in [2.75, 3.05) is 13.7 Å². The van der Waals surface area contributed by atoms with Gasteiger partial charge < -0.3 is 10.5 Å². The summed E-state index contributed by atoms with van der Waals surface area (Å²) in [7, 11) is 1.68. The van der Waals surface area contributed by atoms with Crippen LogP contribution in [0.3, 0.4) is 0 Å². The first-order chi connectivity index (χ1) is 8.33. The maximum absolute atomic E-state index is 5.59. The second-order valence-corrected chi connectivity index (χ2v) is 4.77. The van der Waals surface area contributed by atoms with Crippen LogP contribution < -0.4 is 5.73 Å². The SMILES string of the molecule is COC(CN)Cc1nc(C2CCCCC2)n[nH]1. The molecular weight excluding hydrogens is 216 g/mol. The van der Waals surface area contributed by atoms with Gasteiger partial charge in [-0.2, -0.15) is 5.10 Å². The van der Waals surface area contributed by atoms with Crippen molar-refractivity contribution >= 4 is 0 Å². The lowest BCUT2D eigenvalue weighted by atomic mass is 9.89. The van der Waals surface area contributed by atoms with Crippen LogP contribution in [0, 0.1) is 0 Å². The number of H-pyrrole nitrogens is 1. The first kappa shape index (κ1) is 12.5. The van der Waals surface area contributed by atoms with Gasteiger partial charge in [-0.25, -0.2) is 4.98 Å².